The minimum absolute atomic E-state index is 0.231. The van der Waals surface area contributed by atoms with Gasteiger partial charge in [-0.3, -0.25) is 19.5 Å². The summed E-state index contributed by atoms with van der Waals surface area (Å²) in [5.74, 6) is 0. The zero-order chi connectivity index (χ0) is 17.9. The molecule has 3 rings (SSSR count). The fourth-order valence-corrected chi connectivity index (χ4v) is 3.52. The molecule has 2 aromatic carbocycles. The molecule has 25 heavy (non-hydrogen) atoms. The van der Waals surface area contributed by atoms with E-state index in [9.17, 15) is 18.5 Å². The van der Waals surface area contributed by atoms with Gasteiger partial charge < -0.3 is 0 Å². The van der Waals surface area contributed by atoms with Crippen molar-refractivity contribution in [3.63, 3.8) is 0 Å². The molecule has 1 aromatic heterocycles. The Morgan fingerprint density at radius 2 is 1.76 bits per heavy atom. The Balaban J connectivity index is 1.82. The van der Waals surface area contributed by atoms with Crippen LogP contribution < -0.4 is 4.72 Å². The average molecular weight is 358 g/mol. The largest absolute Gasteiger partial charge is 0.289 e. The molecule has 0 spiro atoms. The van der Waals surface area contributed by atoms with Gasteiger partial charge in [0.15, 0.2) is 4.90 Å². The molecule has 0 unspecified atom stereocenters. The van der Waals surface area contributed by atoms with E-state index in [4.69, 9.17) is 0 Å². The van der Waals surface area contributed by atoms with Crippen LogP contribution in [0.1, 0.15) is 5.56 Å². The number of para-hydroxylation sites is 1. The van der Waals surface area contributed by atoms with E-state index in [2.05, 4.69) is 9.82 Å². The molecule has 9 heteroatoms. The number of nitrogens with one attached hydrogen (secondary N) is 1. The van der Waals surface area contributed by atoms with E-state index in [1.165, 1.54) is 30.6 Å². The second kappa shape index (κ2) is 6.73. The van der Waals surface area contributed by atoms with Gasteiger partial charge in [-0.1, -0.05) is 42.5 Å². The summed E-state index contributed by atoms with van der Waals surface area (Å²) in [6.45, 7) is 0.480. The number of nitrogens with zero attached hydrogens (tertiary/aromatic N) is 3. The van der Waals surface area contributed by atoms with Crippen LogP contribution in [0.5, 0.6) is 0 Å². The minimum atomic E-state index is -4.09. The summed E-state index contributed by atoms with van der Waals surface area (Å²) in [5.41, 5.74) is 0.763. The van der Waals surface area contributed by atoms with Crippen LogP contribution in [0.2, 0.25) is 0 Å². The lowest BCUT2D eigenvalue weighted by Gasteiger charge is -2.06. The van der Waals surface area contributed by atoms with E-state index in [1.807, 2.05) is 30.3 Å². The van der Waals surface area contributed by atoms with Crippen molar-refractivity contribution in [3.8, 4) is 0 Å². The van der Waals surface area contributed by atoms with Crippen molar-refractivity contribution in [2.45, 2.75) is 11.4 Å². The summed E-state index contributed by atoms with van der Waals surface area (Å²) in [4.78, 5) is 9.90. The van der Waals surface area contributed by atoms with Crippen LogP contribution in [0.15, 0.2) is 71.9 Å². The number of sulfonamides is 1. The summed E-state index contributed by atoms with van der Waals surface area (Å²) in [5, 5.41) is 15.1. The van der Waals surface area contributed by atoms with Gasteiger partial charge in [0.2, 0.25) is 0 Å². The minimum Gasteiger partial charge on any atom is -0.276 e. The first-order valence-electron chi connectivity index (χ1n) is 7.28. The van der Waals surface area contributed by atoms with E-state index < -0.39 is 25.5 Å². The quantitative estimate of drug-likeness (QED) is 0.538. The molecule has 0 atom stereocenters. The molecule has 0 aliphatic heterocycles. The molecule has 0 fully saturated rings. The fraction of sp³-hybridized carbons (Fsp3) is 0.0625. The van der Waals surface area contributed by atoms with Gasteiger partial charge in [-0.25, -0.2) is 8.42 Å². The first-order chi connectivity index (χ1) is 12.0. The third-order valence-corrected chi connectivity index (χ3v) is 4.85. The third-order valence-electron chi connectivity index (χ3n) is 3.42. The Hall–Kier alpha value is -3.20. The van der Waals surface area contributed by atoms with Crippen molar-refractivity contribution in [3.05, 3.63) is 82.7 Å². The van der Waals surface area contributed by atoms with Crippen molar-refractivity contribution >= 4 is 21.4 Å². The monoisotopic (exact) mass is 358 g/mol. The predicted molar refractivity (Wildman–Crippen MR) is 91.7 cm³/mol. The van der Waals surface area contributed by atoms with Gasteiger partial charge in [-0.05, 0) is 11.6 Å². The first kappa shape index (κ1) is 16.7. The Labute approximate surface area is 143 Å². The lowest BCUT2D eigenvalue weighted by Crippen LogP contribution is -2.14. The topological polar surface area (TPSA) is 107 Å². The van der Waals surface area contributed by atoms with Crippen molar-refractivity contribution < 1.29 is 13.3 Å². The smallest absolute Gasteiger partial charge is 0.276 e. The van der Waals surface area contributed by atoms with Crippen molar-refractivity contribution in [2.24, 2.45) is 0 Å². The van der Waals surface area contributed by atoms with Gasteiger partial charge in [-0.2, -0.15) is 5.10 Å². The highest BCUT2D eigenvalue weighted by molar-refractivity contribution is 7.92. The van der Waals surface area contributed by atoms with Crippen LogP contribution >= 0.6 is 0 Å². The van der Waals surface area contributed by atoms with Crippen LogP contribution in [-0.4, -0.2) is 23.1 Å². The van der Waals surface area contributed by atoms with Crippen molar-refractivity contribution in [1.82, 2.24) is 9.78 Å². The van der Waals surface area contributed by atoms with E-state index in [0.29, 0.717) is 6.54 Å². The van der Waals surface area contributed by atoms with Gasteiger partial charge in [0.05, 0.1) is 23.4 Å². The zero-order valence-corrected chi connectivity index (χ0v) is 13.8. The van der Waals surface area contributed by atoms with Crippen LogP contribution in [0.4, 0.5) is 11.4 Å². The molecule has 8 nitrogen and oxygen atoms in total. The molecule has 0 amide bonds. The Morgan fingerprint density at radius 1 is 1.08 bits per heavy atom. The van der Waals surface area contributed by atoms with E-state index in [-0.39, 0.29) is 5.69 Å². The summed E-state index contributed by atoms with van der Waals surface area (Å²) < 4.78 is 28.8. The van der Waals surface area contributed by atoms with Gasteiger partial charge in [0.1, 0.15) is 0 Å². The maximum Gasteiger partial charge on any atom is 0.289 e. The molecule has 0 saturated carbocycles. The van der Waals surface area contributed by atoms with Crippen LogP contribution in [-0.2, 0) is 16.6 Å². The summed E-state index contributed by atoms with van der Waals surface area (Å²) in [7, 11) is -4.09. The zero-order valence-electron chi connectivity index (χ0n) is 12.9. The number of nitro benzene ring substituents is 1. The molecule has 128 valence electrons. The van der Waals surface area contributed by atoms with Gasteiger partial charge >= 0.3 is 0 Å². The number of nitro groups is 1. The predicted octanol–water partition coefficient (Wildman–Crippen LogP) is 2.64. The van der Waals surface area contributed by atoms with E-state index in [1.54, 1.807) is 4.68 Å². The fourth-order valence-electron chi connectivity index (χ4n) is 2.32. The summed E-state index contributed by atoms with van der Waals surface area (Å²) in [6.07, 6.45) is 2.88. The maximum atomic E-state index is 12.4. The molecule has 0 saturated heterocycles. The van der Waals surface area contributed by atoms with Crippen molar-refractivity contribution in [1.29, 1.82) is 0 Å². The number of hydrogen-bond donors (Lipinski definition) is 1. The molecular weight excluding hydrogens is 344 g/mol. The van der Waals surface area contributed by atoms with Crippen molar-refractivity contribution in [2.75, 3.05) is 4.72 Å². The normalized spacial score (nSPS) is 11.2. The lowest BCUT2D eigenvalue weighted by molar-refractivity contribution is -0.387. The van der Waals surface area contributed by atoms with Crippen LogP contribution in [0, 0.1) is 10.1 Å². The highest BCUT2D eigenvalue weighted by atomic mass is 32.2. The van der Waals surface area contributed by atoms with Gasteiger partial charge in [0.25, 0.3) is 15.7 Å². The number of rotatable bonds is 6. The summed E-state index contributed by atoms with van der Waals surface area (Å²) in [6, 6.07) is 14.7. The highest BCUT2D eigenvalue weighted by Crippen LogP contribution is 2.25. The maximum absolute atomic E-state index is 12.4. The Morgan fingerprint density at radius 3 is 2.48 bits per heavy atom. The molecule has 0 aliphatic rings. The highest BCUT2D eigenvalue weighted by Gasteiger charge is 2.25. The van der Waals surface area contributed by atoms with Gasteiger partial charge in [0, 0.05) is 12.3 Å². The second-order valence-electron chi connectivity index (χ2n) is 5.24. The molecule has 1 heterocycles. The summed E-state index contributed by atoms with van der Waals surface area (Å²) >= 11 is 0. The van der Waals surface area contributed by atoms with Crippen LogP contribution in [0.25, 0.3) is 0 Å². The molecule has 0 bridgehead atoms. The number of benzene rings is 2. The van der Waals surface area contributed by atoms with E-state index in [0.717, 1.165) is 11.6 Å². The number of anilines is 1. The Kier molecular flexibility index (Phi) is 4.48. The Bertz CT molecular complexity index is 1000. The lowest BCUT2D eigenvalue weighted by atomic mass is 10.2. The molecule has 1 N–H and O–H groups in total. The standard InChI is InChI=1S/C16H14N4O4S/c21-20(22)15-8-4-5-9-16(15)25(23,24)18-14-10-17-19(12-14)11-13-6-2-1-3-7-13/h1-10,12,18H,11H2. The number of hydrogen-bond acceptors (Lipinski definition) is 5. The average Bonchev–Trinajstić information content (AvgIpc) is 3.02. The molecule has 0 aliphatic carbocycles. The van der Waals surface area contributed by atoms with E-state index >= 15 is 0 Å². The van der Waals surface area contributed by atoms with Crippen LogP contribution in [0.3, 0.4) is 0 Å². The molecule has 3 aromatic rings. The second-order valence-corrected chi connectivity index (χ2v) is 6.89. The third kappa shape index (κ3) is 3.83. The molecule has 0 radical (unpaired) electrons. The number of aromatic nitrogens is 2. The molecular formula is C16H14N4O4S. The first-order valence-corrected chi connectivity index (χ1v) is 8.77. The SMILES string of the molecule is O=[N+]([O-])c1ccccc1S(=O)(=O)Nc1cnn(Cc2ccccc2)c1. The van der Waals surface area contributed by atoms with Gasteiger partial charge in [-0.15, -0.1) is 0 Å².